The molecule has 1 saturated heterocycles. The molecule has 4 nitrogen and oxygen atoms in total. The van der Waals surface area contributed by atoms with Gasteiger partial charge in [0, 0.05) is 32.4 Å². The zero-order valence-electron chi connectivity index (χ0n) is 11.0. The van der Waals surface area contributed by atoms with E-state index in [-0.39, 0.29) is 6.04 Å². The van der Waals surface area contributed by atoms with Gasteiger partial charge in [0.25, 0.3) is 0 Å². The van der Waals surface area contributed by atoms with Crippen molar-refractivity contribution in [3.05, 3.63) is 23.9 Å². The molecule has 2 rings (SSSR count). The Hall–Kier alpha value is -1.20. The first kappa shape index (κ1) is 13.2. The Labute approximate surface area is 114 Å². The quantitative estimate of drug-likeness (QED) is 0.831. The molecule has 0 radical (unpaired) electrons. The SMILES string of the molecule is Cc1ccc(N2CCN(C(C)C(N)=S)CC2)nc1. The number of hydrogen-bond acceptors (Lipinski definition) is 4. The van der Waals surface area contributed by atoms with Gasteiger partial charge in [0.1, 0.15) is 5.82 Å². The molecule has 2 heterocycles. The van der Waals surface area contributed by atoms with Crippen molar-refractivity contribution in [2.24, 2.45) is 5.73 Å². The number of rotatable bonds is 3. The number of piperazine rings is 1. The normalized spacial score (nSPS) is 18.7. The number of pyridine rings is 1. The summed E-state index contributed by atoms with van der Waals surface area (Å²) in [5.41, 5.74) is 6.89. The second kappa shape index (κ2) is 5.63. The fourth-order valence-electron chi connectivity index (χ4n) is 2.17. The van der Waals surface area contributed by atoms with Gasteiger partial charge in [-0.15, -0.1) is 0 Å². The minimum absolute atomic E-state index is 0.188. The summed E-state index contributed by atoms with van der Waals surface area (Å²) in [6, 6.07) is 4.38. The Morgan fingerprint density at radius 2 is 2.00 bits per heavy atom. The van der Waals surface area contributed by atoms with Gasteiger partial charge in [-0.2, -0.15) is 0 Å². The summed E-state index contributed by atoms with van der Waals surface area (Å²) in [6.45, 7) is 8.04. The van der Waals surface area contributed by atoms with Crippen LogP contribution in [0.25, 0.3) is 0 Å². The van der Waals surface area contributed by atoms with Crippen molar-refractivity contribution < 1.29 is 0 Å². The summed E-state index contributed by atoms with van der Waals surface area (Å²) >= 11 is 5.05. The Kier molecular flexibility index (Phi) is 4.14. The molecular formula is C13H20N4S. The molecule has 1 fully saturated rings. The third-order valence-electron chi connectivity index (χ3n) is 3.49. The largest absolute Gasteiger partial charge is 0.392 e. The highest BCUT2D eigenvalue weighted by atomic mass is 32.1. The summed E-state index contributed by atoms with van der Waals surface area (Å²) in [5.74, 6) is 1.06. The van der Waals surface area contributed by atoms with Crippen LogP contribution < -0.4 is 10.6 Å². The van der Waals surface area contributed by atoms with E-state index in [0.717, 1.165) is 32.0 Å². The lowest BCUT2D eigenvalue weighted by Gasteiger charge is -2.38. The monoisotopic (exact) mass is 264 g/mol. The fourth-order valence-corrected chi connectivity index (χ4v) is 2.31. The molecule has 0 aromatic carbocycles. The smallest absolute Gasteiger partial charge is 0.128 e. The standard InChI is InChI=1S/C13H20N4S/c1-10-3-4-12(15-9-10)17-7-5-16(6-8-17)11(2)13(14)18/h3-4,9,11H,5-8H2,1-2H3,(H2,14,18). The van der Waals surface area contributed by atoms with Crippen LogP contribution in [0.2, 0.25) is 0 Å². The van der Waals surface area contributed by atoms with E-state index in [0.29, 0.717) is 4.99 Å². The molecule has 1 aromatic rings. The van der Waals surface area contributed by atoms with Crippen molar-refractivity contribution in [2.45, 2.75) is 19.9 Å². The third-order valence-corrected chi connectivity index (χ3v) is 3.83. The lowest BCUT2D eigenvalue weighted by molar-refractivity contribution is 0.239. The fraction of sp³-hybridized carbons (Fsp3) is 0.538. The maximum absolute atomic E-state index is 5.69. The van der Waals surface area contributed by atoms with Gasteiger partial charge in [0.05, 0.1) is 11.0 Å². The van der Waals surface area contributed by atoms with Crippen LogP contribution in [0.4, 0.5) is 5.82 Å². The second-order valence-electron chi connectivity index (χ2n) is 4.80. The highest BCUT2D eigenvalue weighted by molar-refractivity contribution is 7.80. The van der Waals surface area contributed by atoms with Crippen molar-refractivity contribution in [2.75, 3.05) is 31.1 Å². The van der Waals surface area contributed by atoms with Crippen LogP contribution in [0.5, 0.6) is 0 Å². The molecule has 0 saturated carbocycles. The molecule has 0 bridgehead atoms. The van der Waals surface area contributed by atoms with Crippen molar-refractivity contribution >= 4 is 23.0 Å². The van der Waals surface area contributed by atoms with Crippen LogP contribution in [-0.2, 0) is 0 Å². The molecule has 1 unspecified atom stereocenters. The number of thiocarbonyl (C=S) groups is 1. The first-order valence-electron chi connectivity index (χ1n) is 6.29. The number of hydrogen-bond donors (Lipinski definition) is 1. The van der Waals surface area contributed by atoms with E-state index in [2.05, 4.69) is 40.8 Å². The number of aryl methyl sites for hydroxylation is 1. The van der Waals surface area contributed by atoms with Crippen LogP contribution in [0.1, 0.15) is 12.5 Å². The average molecular weight is 264 g/mol. The van der Waals surface area contributed by atoms with Crippen LogP contribution >= 0.6 is 12.2 Å². The van der Waals surface area contributed by atoms with Crippen LogP contribution in [0.3, 0.4) is 0 Å². The van der Waals surface area contributed by atoms with E-state index in [4.69, 9.17) is 18.0 Å². The molecule has 2 N–H and O–H groups in total. The molecule has 5 heteroatoms. The van der Waals surface area contributed by atoms with Crippen molar-refractivity contribution in [1.82, 2.24) is 9.88 Å². The summed E-state index contributed by atoms with van der Waals surface area (Å²) in [4.78, 5) is 9.68. The van der Waals surface area contributed by atoms with Gasteiger partial charge in [-0.25, -0.2) is 4.98 Å². The predicted octanol–water partition coefficient (Wildman–Crippen LogP) is 1.19. The molecule has 1 atom stereocenters. The minimum Gasteiger partial charge on any atom is -0.392 e. The number of aromatic nitrogens is 1. The molecular weight excluding hydrogens is 244 g/mol. The first-order chi connectivity index (χ1) is 8.58. The zero-order chi connectivity index (χ0) is 13.1. The summed E-state index contributed by atoms with van der Waals surface area (Å²) < 4.78 is 0. The predicted molar refractivity (Wildman–Crippen MR) is 79.0 cm³/mol. The van der Waals surface area contributed by atoms with Crippen molar-refractivity contribution in [3.63, 3.8) is 0 Å². The Morgan fingerprint density at radius 1 is 1.33 bits per heavy atom. The molecule has 1 aromatic heterocycles. The van der Waals surface area contributed by atoms with E-state index in [1.54, 1.807) is 0 Å². The second-order valence-corrected chi connectivity index (χ2v) is 5.27. The van der Waals surface area contributed by atoms with Crippen molar-refractivity contribution in [3.8, 4) is 0 Å². The van der Waals surface area contributed by atoms with E-state index in [1.807, 2.05) is 6.20 Å². The maximum Gasteiger partial charge on any atom is 0.128 e. The minimum atomic E-state index is 0.188. The summed E-state index contributed by atoms with van der Waals surface area (Å²) in [7, 11) is 0. The average Bonchev–Trinajstić information content (AvgIpc) is 2.39. The topological polar surface area (TPSA) is 45.4 Å². The molecule has 0 amide bonds. The Balaban J connectivity index is 1.94. The van der Waals surface area contributed by atoms with E-state index < -0.39 is 0 Å². The molecule has 1 aliphatic heterocycles. The lowest BCUT2D eigenvalue weighted by Crippen LogP contribution is -2.52. The van der Waals surface area contributed by atoms with Crippen LogP contribution in [0.15, 0.2) is 18.3 Å². The maximum atomic E-state index is 5.69. The van der Waals surface area contributed by atoms with Gasteiger partial charge >= 0.3 is 0 Å². The highest BCUT2D eigenvalue weighted by Crippen LogP contribution is 2.15. The summed E-state index contributed by atoms with van der Waals surface area (Å²) in [6.07, 6.45) is 1.92. The Morgan fingerprint density at radius 3 is 2.50 bits per heavy atom. The van der Waals surface area contributed by atoms with Gasteiger partial charge < -0.3 is 10.6 Å². The summed E-state index contributed by atoms with van der Waals surface area (Å²) in [5, 5.41) is 0. The molecule has 1 aliphatic rings. The Bertz CT molecular complexity index is 410. The van der Waals surface area contributed by atoms with E-state index in [1.165, 1.54) is 5.56 Å². The van der Waals surface area contributed by atoms with Crippen LogP contribution in [0, 0.1) is 6.92 Å². The molecule has 0 spiro atoms. The van der Waals surface area contributed by atoms with Crippen LogP contribution in [-0.4, -0.2) is 47.1 Å². The van der Waals surface area contributed by atoms with Crippen molar-refractivity contribution in [1.29, 1.82) is 0 Å². The number of nitrogens with zero attached hydrogens (tertiary/aromatic N) is 3. The number of nitrogens with two attached hydrogens (primary N) is 1. The number of anilines is 1. The van der Waals surface area contributed by atoms with Gasteiger partial charge in [-0.05, 0) is 25.5 Å². The van der Waals surface area contributed by atoms with E-state index in [9.17, 15) is 0 Å². The molecule has 18 heavy (non-hydrogen) atoms. The van der Waals surface area contributed by atoms with Gasteiger partial charge in [-0.1, -0.05) is 18.3 Å². The lowest BCUT2D eigenvalue weighted by atomic mass is 10.2. The first-order valence-corrected chi connectivity index (χ1v) is 6.69. The third kappa shape index (κ3) is 2.97. The highest BCUT2D eigenvalue weighted by Gasteiger charge is 2.22. The zero-order valence-corrected chi connectivity index (χ0v) is 11.8. The molecule has 0 aliphatic carbocycles. The molecule has 98 valence electrons. The van der Waals surface area contributed by atoms with Gasteiger partial charge in [-0.3, -0.25) is 4.90 Å². The van der Waals surface area contributed by atoms with Gasteiger partial charge in [0.15, 0.2) is 0 Å². The van der Waals surface area contributed by atoms with E-state index >= 15 is 0 Å². The van der Waals surface area contributed by atoms with Gasteiger partial charge in [0.2, 0.25) is 0 Å².